The standard InChI is InChI=1S/C51H34N4O/c1-51(34-22-25-45-40(29-34)38-15-7-9-17-43(38)54(45)35-12-3-2-4-13-35)28-27-46-41(30-51)39-16-8-10-18-44(39)55(46)36-23-19-33(20-24-36)42-31-52-50-49(53-42)48-37-14-6-5-11-32(37)21-26-47(48)56-50/h2-29,31H,30H2,1H3. The van der Waals surface area contributed by atoms with Crippen LogP contribution in [0.1, 0.15) is 23.7 Å². The molecule has 264 valence electrons. The van der Waals surface area contributed by atoms with Gasteiger partial charge in [-0.05, 0) is 89.0 Å². The van der Waals surface area contributed by atoms with Gasteiger partial charge in [-0.3, -0.25) is 0 Å². The Morgan fingerprint density at radius 2 is 1.30 bits per heavy atom. The molecule has 0 saturated carbocycles. The van der Waals surface area contributed by atoms with Crippen molar-refractivity contribution in [2.75, 3.05) is 0 Å². The highest BCUT2D eigenvalue weighted by molar-refractivity contribution is 6.17. The fourth-order valence-corrected chi connectivity index (χ4v) is 9.26. The number of para-hydroxylation sites is 3. The van der Waals surface area contributed by atoms with Gasteiger partial charge in [0.2, 0.25) is 5.71 Å². The van der Waals surface area contributed by atoms with Crippen LogP contribution in [0.4, 0.5) is 0 Å². The van der Waals surface area contributed by atoms with Crippen LogP contribution >= 0.6 is 0 Å². The van der Waals surface area contributed by atoms with Crippen LogP contribution in [-0.2, 0) is 11.8 Å². The van der Waals surface area contributed by atoms with Gasteiger partial charge in [0.25, 0.3) is 0 Å². The number of nitrogens with zero attached hydrogens (tertiary/aromatic N) is 4. The SMILES string of the molecule is CC1(c2ccc3c(c2)c2ccccc2n3-c2ccccc2)C=Cc2c(c3ccccc3n2-c2ccc(-c3cnc4oc5ccc6ccccc6c5c4n3)cc2)C1. The van der Waals surface area contributed by atoms with Gasteiger partial charge in [0.05, 0.1) is 33.8 Å². The van der Waals surface area contributed by atoms with Crippen molar-refractivity contribution in [1.29, 1.82) is 0 Å². The zero-order valence-corrected chi connectivity index (χ0v) is 30.6. The van der Waals surface area contributed by atoms with E-state index in [0.717, 1.165) is 50.6 Å². The van der Waals surface area contributed by atoms with E-state index in [-0.39, 0.29) is 5.41 Å². The molecule has 0 radical (unpaired) electrons. The number of fused-ring (bicyclic) bond motifs is 11. The van der Waals surface area contributed by atoms with E-state index in [1.807, 2.05) is 12.3 Å². The minimum Gasteiger partial charge on any atom is -0.436 e. The second-order valence-corrected chi connectivity index (χ2v) is 15.3. The first-order valence-corrected chi connectivity index (χ1v) is 19.2. The summed E-state index contributed by atoms with van der Waals surface area (Å²) in [4.78, 5) is 9.83. The quantitative estimate of drug-likeness (QED) is 0.182. The predicted molar refractivity (Wildman–Crippen MR) is 230 cm³/mol. The Bertz CT molecular complexity index is 3400. The fraction of sp³-hybridized carbons (Fsp3) is 0.0588. The molecule has 1 unspecified atom stereocenters. The maximum atomic E-state index is 6.13. The Labute approximate surface area is 322 Å². The maximum Gasteiger partial charge on any atom is 0.246 e. The molecule has 7 aromatic carbocycles. The highest BCUT2D eigenvalue weighted by Crippen LogP contribution is 2.44. The van der Waals surface area contributed by atoms with E-state index in [2.05, 4.69) is 180 Å². The van der Waals surface area contributed by atoms with Crippen LogP contribution < -0.4 is 0 Å². The first kappa shape index (κ1) is 31.1. The molecule has 0 fully saturated rings. The lowest BCUT2D eigenvalue weighted by Crippen LogP contribution is -2.25. The normalized spacial score (nSPS) is 15.5. The summed E-state index contributed by atoms with van der Waals surface area (Å²) >= 11 is 0. The molecule has 0 saturated heterocycles. The lowest BCUT2D eigenvalue weighted by molar-refractivity contribution is 0.589. The number of hydrogen-bond acceptors (Lipinski definition) is 3. The van der Waals surface area contributed by atoms with Gasteiger partial charge in [0.1, 0.15) is 11.1 Å². The highest BCUT2D eigenvalue weighted by Gasteiger charge is 2.32. The van der Waals surface area contributed by atoms with E-state index in [0.29, 0.717) is 5.71 Å². The van der Waals surface area contributed by atoms with E-state index in [9.17, 15) is 0 Å². The summed E-state index contributed by atoms with van der Waals surface area (Å²) in [5.74, 6) is 0. The fourth-order valence-electron chi connectivity index (χ4n) is 9.26. The number of aromatic nitrogens is 4. The lowest BCUT2D eigenvalue weighted by Gasteiger charge is -2.30. The van der Waals surface area contributed by atoms with Crippen molar-refractivity contribution in [2.24, 2.45) is 0 Å². The predicted octanol–water partition coefficient (Wildman–Crippen LogP) is 12.8. The van der Waals surface area contributed by atoms with Gasteiger partial charge in [-0.15, -0.1) is 0 Å². The van der Waals surface area contributed by atoms with Crippen molar-refractivity contribution in [3.05, 3.63) is 187 Å². The van der Waals surface area contributed by atoms with E-state index in [1.54, 1.807) is 0 Å². The lowest BCUT2D eigenvalue weighted by atomic mass is 9.73. The van der Waals surface area contributed by atoms with Gasteiger partial charge in [0.15, 0.2) is 0 Å². The third-order valence-electron chi connectivity index (χ3n) is 12.0. The molecular weight excluding hydrogens is 685 g/mol. The van der Waals surface area contributed by atoms with Gasteiger partial charge in [-0.25, -0.2) is 9.97 Å². The van der Waals surface area contributed by atoms with Crippen LogP contribution in [0.15, 0.2) is 174 Å². The van der Waals surface area contributed by atoms with Crippen molar-refractivity contribution in [1.82, 2.24) is 19.1 Å². The summed E-state index contributed by atoms with van der Waals surface area (Å²) in [7, 11) is 0. The van der Waals surface area contributed by atoms with Crippen LogP contribution in [0.5, 0.6) is 0 Å². The topological polar surface area (TPSA) is 48.8 Å². The zero-order chi connectivity index (χ0) is 37.0. The van der Waals surface area contributed by atoms with Crippen LogP contribution in [0.2, 0.25) is 0 Å². The Morgan fingerprint density at radius 1 is 0.607 bits per heavy atom. The van der Waals surface area contributed by atoms with Gasteiger partial charge < -0.3 is 13.6 Å². The number of benzene rings is 7. The number of rotatable bonds is 4. The van der Waals surface area contributed by atoms with Crippen molar-refractivity contribution in [2.45, 2.75) is 18.8 Å². The average Bonchev–Trinajstić information content (AvgIpc) is 3.91. The minimum absolute atomic E-state index is 0.185. The molecule has 0 spiro atoms. The Balaban J connectivity index is 0.937. The number of allylic oxidation sites excluding steroid dienone is 1. The first-order chi connectivity index (χ1) is 27.6. The van der Waals surface area contributed by atoms with Crippen molar-refractivity contribution in [3.8, 4) is 22.6 Å². The molecule has 4 heterocycles. The molecular formula is C51H34N4O. The minimum atomic E-state index is -0.185. The van der Waals surface area contributed by atoms with Crippen LogP contribution in [0.3, 0.4) is 0 Å². The summed E-state index contributed by atoms with van der Waals surface area (Å²) in [5.41, 5.74) is 13.7. The number of furan rings is 1. The Hall–Kier alpha value is -7.24. The molecule has 0 N–H and O–H groups in total. The summed E-state index contributed by atoms with van der Waals surface area (Å²) in [6.07, 6.45) is 7.48. The van der Waals surface area contributed by atoms with Crippen molar-refractivity contribution in [3.63, 3.8) is 0 Å². The molecule has 0 bridgehead atoms. The van der Waals surface area contributed by atoms with E-state index >= 15 is 0 Å². The zero-order valence-electron chi connectivity index (χ0n) is 30.6. The van der Waals surface area contributed by atoms with Crippen LogP contribution in [-0.4, -0.2) is 19.1 Å². The molecule has 5 nitrogen and oxygen atoms in total. The summed E-state index contributed by atoms with van der Waals surface area (Å²) < 4.78 is 10.9. The van der Waals surface area contributed by atoms with E-state index in [1.165, 1.54) is 55.2 Å². The summed E-state index contributed by atoms with van der Waals surface area (Å²) in [5, 5.41) is 7.13. The third kappa shape index (κ3) is 4.48. The summed E-state index contributed by atoms with van der Waals surface area (Å²) in [6.45, 7) is 2.38. The molecule has 1 aliphatic rings. The largest absolute Gasteiger partial charge is 0.436 e. The highest BCUT2D eigenvalue weighted by atomic mass is 16.3. The maximum absolute atomic E-state index is 6.13. The Kier molecular flexibility index (Phi) is 6.47. The summed E-state index contributed by atoms with van der Waals surface area (Å²) in [6, 6.07) is 56.5. The molecule has 56 heavy (non-hydrogen) atoms. The van der Waals surface area contributed by atoms with Gasteiger partial charge in [0, 0.05) is 44.2 Å². The molecule has 11 aromatic rings. The van der Waals surface area contributed by atoms with Crippen LogP contribution in [0, 0.1) is 0 Å². The molecule has 0 amide bonds. The smallest absolute Gasteiger partial charge is 0.246 e. The second-order valence-electron chi connectivity index (χ2n) is 15.3. The molecule has 12 rings (SSSR count). The average molecular weight is 719 g/mol. The number of hydrogen-bond donors (Lipinski definition) is 0. The van der Waals surface area contributed by atoms with Crippen LogP contribution in [0.25, 0.3) is 94.4 Å². The van der Waals surface area contributed by atoms with E-state index in [4.69, 9.17) is 14.4 Å². The monoisotopic (exact) mass is 718 g/mol. The van der Waals surface area contributed by atoms with Gasteiger partial charge >= 0.3 is 0 Å². The third-order valence-corrected chi connectivity index (χ3v) is 12.0. The van der Waals surface area contributed by atoms with Crippen molar-refractivity contribution < 1.29 is 4.42 Å². The van der Waals surface area contributed by atoms with Gasteiger partial charge in [-0.1, -0.05) is 116 Å². The van der Waals surface area contributed by atoms with Gasteiger partial charge in [-0.2, -0.15) is 0 Å². The molecule has 5 heteroatoms. The van der Waals surface area contributed by atoms with E-state index < -0.39 is 0 Å². The second kappa shape index (κ2) is 11.6. The Morgan fingerprint density at radius 3 is 2.14 bits per heavy atom. The molecule has 1 aliphatic carbocycles. The molecule has 4 aromatic heterocycles. The first-order valence-electron chi connectivity index (χ1n) is 19.2. The van der Waals surface area contributed by atoms with Crippen molar-refractivity contribution >= 4 is 71.8 Å². The molecule has 0 aliphatic heterocycles. The molecule has 1 atom stereocenters.